The fraction of sp³-hybridized carbons (Fsp3) is 0.308. The molecule has 2 aromatic carbocycles. The number of nitrogens with zero attached hydrogens (tertiary/aromatic N) is 2. The first-order valence-electron chi connectivity index (χ1n) is 10.4. The summed E-state index contributed by atoms with van der Waals surface area (Å²) in [5.41, 5.74) is 6.72. The van der Waals surface area contributed by atoms with E-state index in [0.717, 1.165) is 28.8 Å². The van der Waals surface area contributed by atoms with E-state index in [0.29, 0.717) is 10.7 Å². The van der Waals surface area contributed by atoms with Crippen LogP contribution >= 0.6 is 11.6 Å². The van der Waals surface area contributed by atoms with E-state index in [1.54, 1.807) is 24.3 Å². The summed E-state index contributed by atoms with van der Waals surface area (Å²) in [6.07, 6.45) is 3.93. The summed E-state index contributed by atoms with van der Waals surface area (Å²) in [7, 11) is 0. The van der Waals surface area contributed by atoms with Crippen LogP contribution in [0.1, 0.15) is 49.9 Å². The highest BCUT2D eigenvalue weighted by atomic mass is 35.5. The Morgan fingerprint density at radius 1 is 1.26 bits per heavy atom. The van der Waals surface area contributed by atoms with Gasteiger partial charge in [-0.1, -0.05) is 23.7 Å². The summed E-state index contributed by atoms with van der Waals surface area (Å²) in [6.45, 7) is 13.4. The van der Waals surface area contributed by atoms with Crippen LogP contribution in [-0.2, 0) is 4.79 Å². The summed E-state index contributed by atoms with van der Waals surface area (Å²) in [4.78, 5) is 15.2. The Morgan fingerprint density at radius 2 is 1.97 bits per heavy atom. The number of benzene rings is 2. The Bertz CT molecular complexity index is 1150. The smallest absolute Gasteiger partial charge is 0.266 e. The number of fused-ring (bicyclic) bond motifs is 1. The number of nitriles is 1. The molecule has 5 heteroatoms. The number of allylic oxidation sites excluding steroid dienone is 1. The third-order valence-corrected chi connectivity index (χ3v) is 6.27. The number of carbonyl (C=O) groups excluding carboxylic acids is 1. The van der Waals surface area contributed by atoms with Gasteiger partial charge in [0.15, 0.2) is 0 Å². The molecule has 4 nitrogen and oxygen atoms in total. The molecule has 0 saturated carbocycles. The number of hydrogen-bond acceptors (Lipinski definition) is 3. The first kappa shape index (κ1) is 22.7. The monoisotopic (exact) mass is 433 g/mol. The third kappa shape index (κ3) is 4.38. The fourth-order valence-electron chi connectivity index (χ4n) is 4.21. The maximum Gasteiger partial charge on any atom is 0.266 e. The van der Waals surface area contributed by atoms with Crippen LogP contribution in [0.2, 0.25) is 5.02 Å². The largest absolute Gasteiger partial charge is 0.363 e. The van der Waals surface area contributed by atoms with Gasteiger partial charge in [0.2, 0.25) is 0 Å². The van der Waals surface area contributed by atoms with Gasteiger partial charge in [-0.2, -0.15) is 5.26 Å². The summed E-state index contributed by atoms with van der Waals surface area (Å²) in [5, 5.41) is 13.0. The van der Waals surface area contributed by atoms with Crippen LogP contribution < -0.4 is 10.2 Å². The lowest BCUT2D eigenvalue weighted by Gasteiger charge is -2.43. The average molecular weight is 434 g/mol. The van der Waals surface area contributed by atoms with Gasteiger partial charge in [-0.25, -0.2) is 0 Å². The predicted octanol–water partition coefficient (Wildman–Crippen LogP) is 6.52. The molecule has 1 heterocycles. The van der Waals surface area contributed by atoms with Crippen molar-refractivity contribution in [2.75, 3.05) is 16.8 Å². The van der Waals surface area contributed by atoms with E-state index in [1.807, 2.05) is 19.9 Å². The lowest BCUT2D eigenvalue weighted by molar-refractivity contribution is -0.112. The molecule has 1 amide bonds. The minimum atomic E-state index is -0.450. The molecule has 0 bridgehead atoms. The predicted molar refractivity (Wildman–Crippen MR) is 130 cm³/mol. The van der Waals surface area contributed by atoms with E-state index in [-0.39, 0.29) is 11.1 Å². The van der Waals surface area contributed by atoms with Crippen molar-refractivity contribution >= 4 is 40.5 Å². The minimum Gasteiger partial charge on any atom is -0.363 e. The SMILES string of the molecule is CCN1c2cc(C)c(/C=C(/C#N)C(=O)Nc3cccc(Cl)c3C)cc2C(C)=CC1(C)C. The Morgan fingerprint density at radius 3 is 2.61 bits per heavy atom. The molecule has 0 spiro atoms. The van der Waals surface area contributed by atoms with E-state index in [2.05, 4.69) is 56.1 Å². The van der Waals surface area contributed by atoms with Crippen molar-refractivity contribution in [2.24, 2.45) is 0 Å². The third-order valence-electron chi connectivity index (χ3n) is 5.86. The molecular formula is C26H28ClN3O. The Labute approximate surface area is 189 Å². The molecule has 2 aromatic rings. The van der Waals surface area contributed by atoms with Crippen molar-refractivity contribution in [2.45, 2.75) is 47.1 Å². The fourth-order valence-corrected chi connectivity index (χ4v) is 4.39. The molecule has 0 unspecified atom stereocenters. The van der Waals surface area contributed by atoms with Gasteiger partial charge in [0, 0.05) is 28.5 Å². The van der Waals surface area contributed by atoms with Crippen molar-refractivity contribution in [3.8, 4) is 6.07 Å². The number of hydrogen-bond donors (Lipinski definition) is 1. The maximum atomic E-state index is 12.8. The molecule has 0 atom stereocenters. The van der Waals surface area contributed by atoms with Crippen LogP contribution in [0.15, 0.2) is 42.0 Å². The number of aryl methyl sites for hydroxylation is 1. The van der Waals surface area contributed by atoms with Gasteiger partial charge in [0.1, 0.15) is 11.6 Å². The zero-order valence-electron chi connectivity index (χ0n) is 18.9. The highest BCUT2D eigenvalue weighted by Gasteiger charge is 2.30. The topological polar surface area (TPSA) is 56.1 Å². The van der Waals surface area contributed by atoms with Crippen LogP contribution in [0, 0.1) is 25.2 Å². The molecule has 0 aromatic heterocycles. The number of amides is 1. The highest BCUT2D eigenvalue weighted by molar-refractivity contribution is 6.31. The maximum absolute atomic E-state index is 12.8. The second-order valence-corrected chi connectivity index (χ2v) is 8.89. The summed E-state index contributed by atoms with van der Waals surface area (Å²) >= 11 is 6.15. The van der Waals surface area contributed by atoms with Crippen LogP contribution in [0.25, 0.3) is 11.6 Å². The summed E-state index contributed by atoms with van der Waals surface area (Å²) in [5.74, 6) is -0.450. The van der Waals surface area contributed by atoms with Gasteiger partial charge in [0.25, 0.3) is 5.91 Å². The molecule has 1 aliphatic heterocycles. The lowest BCUT2D eigenvalue weighted by Crippen LogP contribution is -2.44. The van der Waals surface area contributed by atoms with E-state index >= 15 is 0 Å². The van der Waals surface area contributed by atoms with Crippen molar-refractivity contribution in [3.05, 3.63) is 69.3 Å². The number of nitrogens with one attached hydrogen (secondary N) is 1. The van der Waals surface area contributed by atoms with Crippen molar-refractivity contribution in [1.82, 2.24) is 0 Å². The average Bonchev–Trinajstić information content (AvgIpc) is 2.69. The van der Waals surface area contributed by atoms with Crippen molar-refractivity contribution < 1.29 is 4.79 Å². The van der Waals surface area contributed by atoms with Crippen molar-refractivity contribution in [3.63, 3.8) is 0 Å². The molecule has 0 fully saturated rings. The standard InChI is InChI=1S/C26H28ClN3O/c1-7-30-24-11-16(2)19(13-21(24)17(3)14-26(30,5)6)12-20(15-28)25(31)29-23-10-8-9-22(27)18(23)4/h8-14H,7H2,1-6H3,(H,29,31)/b20-12-. The number of carbonyl (C=O) groups is 1. The summed E-state index contributed by atoms with van der Waals surface area (Å²) in [6, 6.07) is 11.6. The molecule has 160 valence electrons. The van der Waals surface area contributed by atoms with Gasteiger partial charge in [0.05, 0.1) is 5.54 Å². The first-order chi connectivity index (χ1) is 14.6. The number of anilines is 2. The lowest BCUT2D eigenvalue weighted by atomic mass is 9.86. The van der Waals surface area contributed by atoms with E-state index in [1.165, 1.54) is 11.3 Å². The summed E-state index contributed by atoms with van der Waals surface area (Å²) < 4.78 is 0. The molecule has 0 radical (unpaired) electrons. The van der Waals surface area contributed by atoms with Gasteiger partial charge < -0.3 is 10.2 Å². The van der Waals surface area contributed by atoms with Gasteiger partial charge >= 0.3 is 0 Å². The molecule has 0 aliphatic carbocycles. The normalized spacial score (nSPS) is 15.1. The highest BCUT2D eigenvalue weighted by Crippen LogP contribution is 2.40. The number of rotatable bonds is 4. The molecule has 3 rings (SSSR count). The van der Waals surface area contributed by atoms with Gasteiger partial charge in [-0.05, 0) is 94.1 Å². The molecular weight excluding hydrogens is 406 g/mol. The Balaban J connectivity index is 2.01. The van der Waals surface area contributed by atoms with Gasteiger partial charge in [-0.3, -0.25) is 4.79 Å². The quantitative estimate of drug-likeness (QED) is 0.440. The van der Waals surface area contributed by atoms with Crippen LogP contribution in [0.4, 0.5) is 11.4 Å². The molecule has 31 heavy (non-hydrogen) atoms. The molecule has 0 saturated heterocycles. The zero-order valence-corrected chi connectivity index (χ0v) is 19.7. The Kier molecular flexibility index (Phi) is 6.29. The molecule has 1 aliphatic rings. The molecule has 1 N–H and O–H groups in total. The van der Waals surface area contributed by atoms with Gasteiger partial charge in [-0.15, -0.1) is 0 Å². The van der Waals surface area contributed by atoms with Crippen LogP contribution in [0.5, 0.6) is 0 Å². The zero-order chi connectivity index (χ0) is 22.9. The van der Waals surface area contributed by atoms with E-state index in [9.17, 15) is 10.1 Å². The number of likely N-dealkylation sites (N-methyl/N-ethyl adjacent to an activating group) is 1. The van der Waals surface area contributed by atoms with Crippen LogP contribution in [0.3, 0.4) is 0 Å². The Hall–Kier alpha value is -3.03. The first-order valence-corrected chi connectivity index (χ1v) is 10.8. The van der Waals surface area contributed by atoms with E-state index in [4.69, 9.17) is 11.6 Å². The minimum absolute atomic E-state index is 0.0487. The second kappa shape index (κ2) is 8.61. The number of halogens is 1. The van der Waals surface area contributed by atoms with E-state index < -0.39 is 5.91 Å². The second-order valence-electron chi connectivity index (χ2n) is 8.49. The van der Waals surface area contributed by atoms with Crippen molar-refractivity contribution in [1.29, 1.82) is 5.26 Å². The van der Waals surface area contributed by atoms with Crippen LogP contribution in [-0.4, -0.2) is 18.0 Å².